The Labute approximate surface area is 159 Å². The first-order chi connectivity index (χ1) is 12.9. The zero-order chi connectivity index (χ0) is 19.7. The van der Waals surface area contributed by atoms with Gasteiger partial charge in [-0.05, 0) is 29.3 Å². The molecule has 7 heteroatoms. The average molecular weight is 383 g/mol. The van der Waals surface area contributed by atoms with E-state index in [1.807, 2.05) is 24.3 Å². The summed E-state index contributed by atoms with van der Waals surface area (Å²) in [6.07, 6.45) is 1.56. The van der Waals surface area contributed by atoms with Gasteiger partial charge in [-0.2, -0.15) is 5.26 Å². The van der Waals surface area contributed by atoms with Crippen molar-refractivity contribution < 1.29 is 13.2 Å². The van der Waals surface area contributed by atoms with Crippen LogP contribution in [0.4, 0.5) is 0 Å². The maximum absolute atomic E-state index is 12.2. The van der Waals surface area contributed by atoms with Gasteiger partial charge in [0, 0.05) is 32.0 Å². The summed E-state index contributed by atoms with van der Waals surface area (Å²) < 4.78 is 26.3. The van der Waals surface area contributed by atoms with Gasteiger partial charge in [0.15, 0.2) is 0 Å². The van der Waals surface area contributed by atoms with Gasteiger partial charge in [0.2, 0.25) is 15.9 Å². The lowest BCUT2D eigenvalue weighted by molar-refractivity contribution is -0.130. The van der Waals surface area contributed by atoms with Gasteiger partial charge in [0.1, 0.15) is 0 Å². The third-order valence-corrected chi connectivity index (χ3v) is 4.91. The van der Waals surface area contributed by atoms with Crippen LogP contribution < -0.4 is 4.72 Å². The van der Waals surface area contributed by atoms with Crippen molar-refractivity contribution in [3.63, 3.8) is 0 Å². The first-order valence-corrected chi connectivity index (χ1v) is 9.90. The molecular weight excluding hydrogens is 362 g/mol. The van der Waals surface area contributed by atoms with E-state index in [0.29, 0.717) is 12.1 Å². The Morgan fingerprint density at radius 2 is 1.81 bits per heavy atom. The van der Waals surface area contributed by atoms with Crippen molar-refractivity contribution in [2.45, 2.75) is 13.0 Å². The molecule has 0 heterocycles. The Bertz CT molecular complexity index is 931. The van der Waals surface area contributed by atoms with Crippen LogP contribution in [-0.2, 0) is 21.4 Å². The second-order valence-electron chi connectivity index (χ2n) is 5.96. The molecule has 0 saturated heterocycles. The van der Waals surface area contributed by atoms with Gasteiger partial charge in [-0.3, -0.25) is 4.79 Å². The molecule has 0 spiro atoms. The highest BCUT2D eigenvalue weighted by atomic mass is 32.2. The lowest BCUT2D eigenvalue weighted by Crippen LogP contribution is -2.31. The van der Waals surface area contributed by atoms with Crippen LogP contribution >= 0.6 is 0 Å². The number of carbonyl (C=O) groups excluding carboxylic acids is 1. The highest BCUT2D eigenvalue weighted by Crippen LogP contribution is 2.07. The first-order valence-electron chi connectivity index (χ1n) is 8.35. The summed E-state index contributed by atoms with van der Waals surface area (Å²) in [6.45, 7) is 0.420. The van der Waals surface area contributed by atoms with Gasteiger partial charge in [0.05, 0.1) is 11.6 Å². The number of amides is 1. The van der Waals surface area contributed by atoms with Crippen LogP contribution in [0.15, 0.2) is 60.0 Å². The summed E-state index contributed by atoms with van der Waals surface area (Å²) in [7, 11) is -1.94. The zero-order valence-electron chi connectivity index (χ0n) is 15.0. The Kier molecular flexibility index (Phi) is 7.29. The molecule has 0 aliphatic carbocycles. The van der Waals surface area contributed by atoms with Crippen LogP contribution in [0.5, 0.6) is 0 Å². The topological polar surface area (TPSA) is 90.3 Å². The first kappa shape index (κ1) is 20.4. The minimum atomic E-state index is -3.60. The van der Waals surface area contributed by atoms with Crippen molar-refractivity contribution in [2.24, 2.45) is 0 Å². The zero-order valence-corrected chi connectivity index (χ0v) is 15.8. The predicted octanol–water partition coefficient (Wildman–Crippen LogP) is 2.50. The summed E-state index contributed by atoms with van der Waals surface area (Å²) >= 11 is 0. The molecule has 0 fully saturated rings. The molecule has 0 unspecified atom stereocenters. The highest BCUT2D eigenvalue weighted by Gasteiger charge is 2.11. The van der Waals surface area contributed by atoms with Crippen molar-refractivity contribution in [2.75, 3.05) is 13.6 Å². The summed E-state index contributed by atoms with van der Waals surface area (Å²) in [5.41, 5.74) is 2.24. The van der Waals surface area contributed by atoms with Gasteiger partial charge >= 0.3 is 0 Å². The maximum Gasteiger partial charge on any atom is 0.233 e. The second kappa shape index (κ2) is 9.67. The van der Waals surface area contributed by atoms with E-state index in [1.54, 1.807) is 43.4 Å². The number of hydrogen-bond donors (Lipinski definition) is 1. The number of hydrogen-bond acceptors (Lipinski definition) is 4. The Morgan fingerprint density at radius 3 is 2.44 bits per heavy atom. The molecule has 0 saturated carbocycles. The second-order valence-corrected chi connectivity index (χ2v) is 7.61. The fraction of sp³-hybridized carbons (Fsp3) is 0.200. The highest BCUT2D eigenvalue weighted by molar-refractivity contribution is 7.92. The van der Waals surface area contributed by atoms with Crippen molar-refractivity contribution in [1.29, 1.82) is 5.26 Å². The van der Waals surface area contributed by atoms with Crippen molar-refractivity contribution in [1.82, 2.24) is 9.62 Å². The molecule has 0 radical (unpaired) electrons. The van der Waals surface area contributed by atoms with E-state index in [-0.39, 0.29) is 18.9 Å². The summed E-state index contributed by atoms with van der Waals surface area (Å²) in [5, 5.41) is 9.88. The van der Waals surface area contributed by atoms with Gasteiger partial charge in [-0.15, -0.1) is 0 Å². The van der Waals surface area contributed by atoms with E-state index >= 15 is 0 Å². The molecule has 0 bridgehead atoms. The minimum absolute atomic E-state index is 0.0258. The molecule has 6 nitrogen and oxygen atoms in total. The van der Waals surface area contributed by atoms with E-state index < -0.39 is 10.0 Å². The molecule has 0 aliphatic rings. The molecule has 0 aliphatic heterocycles. The van der Waals surface area contributed by atoms with E-state index in [2.05, 4.69) is 4.72 Å². The smallest absolute Gasteiger partial charge is 0.233 e. The minimum Gasteiger partial charge on any atom is -0.341 e. The standard InChI is InChI=1S/C20H21N3O3S/c1-23(16-19-9-7-18(15-21)8-10-19)20(24)11-13-22-27(25,26)14-12-17-5-3-2-4-6-17/h2-10,12,14,22H,11,13,16H2,1H3/b14-12+. The molecule has 27 heavy (non-hydrogen) atoms. The number of nitrogens with zero attached hydrogens (tertiary/aromatic N) is 2. The van der Waals surface area contributed by atoms with Crippen LogP contribution in [0.2, 0.25) is 0 Å². The monoisotopic (exact) mass is 383 g/mol. The summed E-state index contributed by atoms with van der Waals surface area (Å²) in [4.78, 5) is 13.7. The van der Waals surface area contributed by atoms with Gasteiger partial charge < -0.3 is 4.90 Å². The molecular formula is C20H21N3O3S. The lowest BCUT2D eigenvalue weighted by Gasteiger charge is -2.17. The summed E-state index contributed by atoms with van der Waals surface area (Å²) in [5.74, 6) is -0.172. The van der Waals surface area contributed by atoms with Gasteiger partial charge in [-0.25, -0.2) is 13.1 Å². The van der Waals surface area contributed by atoms with Crippen molar-refractivity contribution in [3.8, 4) is 6.07 Å². The fourth-order valence-electron chi connectivity index (χ4n) is 2.32. The number of nitriles is 1. The van der Waals surface area contributed by atoms with E-state index in [4.69, 9.17) is 5.26 Å². The van der Waals surface area contributed by atoms with Gasteiger partial charge in [-0.1, -0.05) is 42.5 Å². The van der Waals surface area contributed by atoms with Crippen LogP contribution in [0.1, 0.15) is 23.1 Å². The third kappa shape index (κ3) is 7.05. The maximum atomic E-state index is 12.2. The molecule has 140 valence electrons. The number of nitrogens with one attached hydrogen (secondary N) is 1. The third-order valence-electron chi connectivity index (χ3n) is 3.81. The normalized spacial score (nSPS) is 11.3. The average Bonchev–Trinajstić information content (AvgIpc) is 2.67. The SMILES string of the molecule is CN(Cc1ccc(C#N)cc1)C(=O)CCNS(=O)(=O)/C=C/c1ccccc1. The molecule has 2 aromatic rings. The molecule has 0 aromatic heterocycles. The number of carbonyl (C=O) groups is 1. The van der Waals surface area contributed by atoms with Crippen LogP contribution in [0.3, 0.4) is 0 Å². The van der Waals surface area contributed by atoms with E-state index in [9.17, 15) is 13.2 Å². The van der Waals surface area contributed by atoms with E-state index in [1.165, 1.54) is 11.0 Å². The predicted molar refractivity (Wildman–Crippen MR) is 105 cm³/mol. The van der Waals surface area contributed by atoms with Crippen molar-refractivity contribution >= 4 is 22.0 Å². The fourth-order valence-corrected chi connectivity index (χ4v) is 3.14. The van der Waals surface area contributed by atoms with Crippen LogP contribution in [0.25, 0.3) is 6.08 Å². The number of rotatable bonds is 8. The number of sulfonamides is 1. The Balaban J connectivity index is 1.80. The van der Waals surface area contributed by atoms with Gasteiger partial charge in [0.25, 0.3) is 0 Å². The van der Waals surface area contributed by atoms with E-state index in [0.717, 1.165) is 16.5 Å². The largest absolute Gasteiger partial charge is 0.341 e. The lowest BCUT2D eigenvalue weighted by atomic mass is 10.1. The van der Waals surface area contributed by atoms with Crippen molar-refractivity contribution in [3.05, 3.63) is 76.7 Å². The van der Waals surface area contributed by atoms with Crippen LogP contribution in [-0.4, -0.2) is 32.8 Å². The Morgan fingerprint density at radius 1 is 1.15 bits per heavy atom. The van der Waals surface area contributed by atoms with Crippen LogP contribution in [0, 0.1) is 11.3 Å². The molecule has 2 aromatic carbocycles. The number of benzene rings is 2. The Hall–Kier alpha value is -2.95. The summed E-state index contributed by atoms with van der Waals surface area (Å²) in [6, 6.07) is 18.1. The molecule has 0 atom stereocenters. The molecule has 1 N–H and O–H groups in total. The molecule has 1 amide bonds. The quantitative estimate of drug-likeness (QED) is 0.758. The molecule has 2 rings (SSSR count).